The fraction of sp³-hybridized carbons (Fsp3) is 0.150. The minimum absolute atomic E-state index is 0.184. The number of halogens is 4. The SMILES string of the molecule is C=CCn1c(SCC(=O)Nc2ccc([N+](=O)[O-])cc2C(F)(F)F)nnc1-c1ccccc1F. The Morgan fingerprint density at radius 3 is 2.61 bits per heavy atom. The molecule has 172 valence electrons. The zero-order valence-electron chi connectivity index (χ0n) is 16.7. The smallest absolute Gasteiger partial charge is 0.325 e. The number of benzene rings is 2. The standard InChI is InChI=1S/C20H15F4N5O3S/c1-2-9-28-18(13-5-3-4-6-15(13)21)26-27-19(28)33-11-17(30)25-16-8-7-12(29(31)32)10-14(16)20(22,23)24/h2-8,10H,1,9,11H2,(H,25,30). The van der Waals surface area contributed by atoms with E-state index in [0.717, 1.165) is 23.9 Å². The summed E-state index contributed by atoms with van der Waals surface area (Å²) in [7, 11) is 0. The Labute approximate surface area is 188 Å². The molecule has 0 aliphatic rings. The first-order valence-corrected chi connectivity index (χ1v) is 10.2. The van der Waals surface area contributed by atoms with E-state index in [1.54, 1.807) is 6.07 Å². The van der Waals surface area contributed by atoms with E-state index < -0.39 is 39.8 Å². The van der Waals surface area contributed by atoms with Gasteiger partial charge in [0.2, 0.25) is 5.91 Å². The van der Waals surface area contributed by atoms with Crippen molar-refractivity contribution in [3.05, 3.63) is 76.6 Å². The van der Waals surface area contributed by atoms with E-state index in [-0.39, 0.29) is 28.8 Å². The summed E-state index contributed by atoms with van der Waals surface area (Å²) < 4.78 is 55.5. The summed E-state index contributed by atoms with van der Waals surface area (Å²) >= 11 is 0.875. The maximum atomic E-state index is 14.2. The van der Waals surface area contributed by atoms with Crippen LogP contribution in [0.5, 0.6) is 0 Å². The molecule has 0 radical (unpaired) electrons. The highest BCUT2D eigenvalue weighted by Gasteiger charge is 2.35. The monoisotopic (exact) mass is 481 g/mol. The first-order chi connectivity index (χ1) is 15.6. The van der Waals surface area contributed by atoms with Crippen LogP contribution >= 0.6 is 11.8 Å². The summed E-state index contributed by atoms with van der Waals surface area (Å²) in [5.74, 6) is -1.48. The summed E-state index contributed by atoms with van der Waals surface area (Å²) in [6.45, 7) is 3.82. The van der Waals surface area contributed by atoms with Crippen molar-refractivity contribution < 1.29 is 27.3 Å². The van der Waals surface area contributed by atoms with E-state index >= 15 is 0 Å². The van der Waals surface area contributed by atoms with E-state index in [1.807, 2.05) is 0 Å². The second-order valence-electron chi connectivity index (χ2n) is 6.51. The van der Waals surface area contributed by atoms with E-state index in [2.05, 4.69) is 22.1 Å². The van der Waals surface area contributed by atoms with Crippen LogP contribution < -0.4 is 5.32 Å². The van der Waals surface area contributed by atoms with Crippen molar-refractivity contribution in [3.8, 4) is 11.4 Å². The number of non-ortho nitro benzene ring substituents is 1. The average molecular weight is 481 g/mol. The van der Waals surface area contributed by atoms with Gasteiger partial charge in [-0.25, -0.2) is 4.39 Å². The molecule has 8 nitrogen and oxygen atoms in total. The molecule has 0 bridgehead atoms. The molecule has 0 saturated heterocycles. The van der Waals surface area contributed by atoms with E-state index in [9.17, 15) is 32.5 Å². The highest BCUT2D eigenvalue weighted by atomic mass is 32.2. The van der Waals surface area contributed by atoms with Gasteiger partial charge in [-0.1, -0.05) is 30.0 Å². The lowest BCUT2D eigenvalue weighted by Crippen LogP contribution is -2.18. The van der Waals surface area contributed by atoms with E-state index in [1.165, 1.54) is 28.8 Å². The number of nitrogens with zero attached hydrogens (tertiary/aromatic N) is 4. The number of nitrogens with one attached hydrogen (secondary N) is 1. The van der Waals surface area contributed by atoms with Crippen molar-refractivity contribution in [3.63, 3.8) is 0 Å². The second-order valence-corrected chi connectivity index (χ2v) is 7.45. The van der Waals surface area contributed by atoms with Crippen LogP contribution in [0, 0.1) is 15.9 Å². The highest BCUT2D eigenvalue weighted by Crippen LogP contribution is 2.37. The molecule has 0 aliphatic carbocycles. The van der Waals surface area contributed by atoms with Crippen molar-refractivity contribution in [1.82, 2.24) is 14.8 Å². The maximum absolute atomic E-state index is 14.2. The van der Waals surface area contributed by atoms with Gasteiger partial charge in [0.25, 0.3) is 5.69 Å². The van der Waals surface area contributed by atoms with Gasteiger partial charge in [-0.05, 0) is 18.2 Å². The van der Waals surface area contributed by atoms with Gasteiger partial charge in [0.15, 0.2) is 11.0 Å². The zero-order chi connectivity index (χ0) is 24.2. The first-order valence-electron chi connectivity index (χ1n) is 9.19. The Morgan fingerprint density at radius 2 is 1.97 bits per heavy atom. The number of thioether (sulfide) groups is 1. The van der Waals surface area contributed by atoms with Crippen molar-refractivity contribution >= 4 is 29.0 Å². The van der Waals surface area contributed by atoms with Crippen LogP contribution in [0.15, 0.2) is 60.3 Å². The van der Waals surface area contributed by atoms with Crippen LogP contribution in [0.2, 0.25) is 0 Å². The molecular formula is C20H15F4N5O3S. The van der Waals surface area contributed by atoms with Crippen molar-refractivity contribution in [2.75, 3.05) is 11.1 Å². The largest absolute Gasteiger partial charge is 0.418 e. The molecule has 1 N–H and O–H groups in total. The normalized spacial score (nSPS) is 11.3. The van der Waals surface area contributed by atoms with Crippen LogP contribution in [0.3, 0.4) is 0 Å². The molecule has 0 fully saturated rings. The van der Waals surface area contributed by atoms with Gasteiger partial charge in [0, 0.05) is 18.7 Å². The molecule has 0 atom stereocenters. The molecule has 0 unspecified atom stereocenters. The predicted molar refractivity (Wildman–Crippen MR) is 113 cm³/mol. The van der Waals surface area contributed by atoms with Crippen LogP contribution in [-0.4, -0.2) is 31.3 Å². The quantitative estimate of drug-likeness (QED) is 0.161. The van der Waals surface area contributed by atoms with Crippen LogP contribution in [0.4, 0.5) is 28.9 Å². The molecule has 1 amide bonds. The van der Waals surface area contributed by atoms with E-state index in [0.29, 0.717) is 6.07 Å². The molecule has 0 aliphatic heterocycles. The Bertz CT molecular complexity index is 1210. The van der Waals surface area contributed by atoms with Gasteiger partial charge in [-0.2, -0.15) is 13.2 Å². The number of aromatic nitrogens is 3. The van der Waals surface area contributed by atoms with Crippen molar-refractivity contribution in [1.29, 1.82) is 0 Å². The topological polar surface area (TPSA) is 103 Å². The number of allylic oxidation sites excluding steroid dienone is 1. The number of amides is 1. The zero-order valence-corrected chi connectivity index (χ0v) is 17.5. The van der Waals surface area contributed by atoms with Gasteiger partial charge in [-0.3, -0.25) is 19.5 Å². The summed E-state index contributed by atoms with van der Waals surface area (Å²) in [6.07, 6.45) is -3.40. The number of nitro benzene ring substituents is 1. The number of rotatable bonds is 8. The van der Waals surface area contributed by atoms with Gasteiger partial charge >= 0.3 is 6.18 Å². The summed E-state index contributed by atoms with van der Waals surface area (Å²) in [4.78, 5) is 22.1. The average Bonchev–Trinajstić information content (AvgIpc) is 3.14. The van der Waals surface area contributed by atoms with Crippen LogP contribution in [0.25, 0.3) is 11.4 Å². The Hall–Kier alpha value is -3.74. The molecule has 3 aromatic rings. The van der Waals surface area contributed by atoms with Crippen molar-refractivity contribution in [2.24, 2.45) is 0 Å². The van der Waals surface area contributed by atoms with Crippen molar-refractivity contribution in [2.45, 2.75) is 17.9 Å². The number of carbonyl (C=O) groups is 1. The second kappa shape index (κ2) is 9.81. The first kappa shape index (κ1) is 23.9. The lowest BCUT2D eigenvalue weighted by atomic mass is 10.1. The maximum Gasteiger partial charge on any atom is 0.418 e. The fourth-order valence-electron chi connectivity index (χ4n) is 2.84. The molecule has 2 aromatic carbocycles. The lowest BCUT2D eigenvalue weighted by Gasteiger charge is -2.13. The predicted octanol–water partition coefficient (Wildman–Crippen LogP) is 4.93. The summed E-state index contributed by atoms with van der Waals surface area (Å²) in [6, 6.07) is 7.93. The third kappa shape index (κ3) is 5.55. The van der Waals surface area contributed by atoms with Crippen LogP contribution in [0.1, 0.15) is 5.56 Å². The third-order valence-corrected chi connectivity index (χ3v) is 5.24. The number of alkyl halides is 3. The molecular weight excluding hydrogens is 466 g/mol. The van der Waals surface area contributed by atoms with Gasteiger partial charge in [0.05, 0.1) is 27.5 Å². The number of anilines is 1. The summed E-state index contributed by atoms with van der Waals surface area (Å²) in [5, 5.41) is 21.0. The molecule has 1 heterocycles. The minimum Gasteiger partial charge on any atom is -0.325 e. The Morgan fingerprint density at radius 1 is 1.24 bits per heavy atom. The van der Waals surface area contributed by atoms with Gasteiger partial charge in [0.1, 0.15) is 5.82 Å². The van der Waals surface area contributed by atoms with E-state index in [4.69, 9.17) is 0 Å². The summed E-state index contributed by atoms with van der Waals surface area (Å²) in [5.41, 5.74) is -2.53. The molecule has 33 heavy (non-hydrogen) atoms. The number of nitro groups is 1. The molecule has 1 aromatic heterocycles. The number of hydrogen-bond donors (Lipinski definition) is 1. The molecule has 13 heteroatoms. The Balaban J connectivity index is 1.79. The molecule has 0 saturated carbocycles. The number of carbonyl (C=O) groups excluding carboxylic acids is 1. The number of hydrogen-bond acceptors (Lipinski definition) is 6. The lowest BCUT2D eigenvalue weighted by molar-refractivity contribution is -0.385. The Kier molecular flexibility index (Phi) is 7.11. The van der Waals surface area contributed by atoms with Gasteiger partial charge < -0.3 is 5.32 Å². The molecule has 3 rings (SSSR count). The van der Waals surface area contributed by atoms with Crippen LogP contribution in [-0.2, 0) is 17.5 Å². The minimum atomic E-state index is -4.92. The highest BCUT2D eigenvalue weighted by molar-refractivity contribution is 7.99. The van der Waals surface area contributed by atoms with Gasteiger partial charge in [-0.15, -0.1) is 16.8 Å². The fourth-order valence-corrected chi connectivity index (χ4v) is 3.58. The molecule has 0 spiro atoms. The third-order valence-electron chi connectivity index (χ3n) is 4.27.